The molecular formula is C15H17N3OS. The molecule has 4 nitrogen and oxygen atoms in total. The summed E-state index contributed by atoms with van der Waals surface area (Å²) >= 11 is 1.85. The maximum atomic E-state index is 12.4. The van der Waals surface area contributed by atoms with E-state index in [-0.39, 0.29) is 11.9 Å². The van der Waals surface area contributed by atoms with Crippen molar-refractivity contribution in [3.8, 4) is 0 Å². The molecule has 0 radical (unpaired) electrons. The van der Waals surface area contributed by atoms with Crippen LogP contribution in [0.15, 0.2) is 30.3 Å². The molecule has 0 fully saturated rings. The molecule has 0 saturated heterocycles. The number of aromatic amines is 1. The number of fused-ring (bicyclic) bond motifs is 1. The number of thioether (sulfide) groups is 1. The van der Waals surface area contributed by atoms with Crippen LogP contribution in [0.5, 0.6) is 0 Å². The smallest absolute Gasteiger partial charge is 0.272 e. The van der Waals surface area contributed by atoms with Gasteiger partial charge in [-0.2, -0.15) is 16.9 Å². The number of aryl methyl sites for hydroxylation is 1. The van der Waals surface area contributed by atoms with Crippen molar-refractivity contribution in [1.82, 2.24) is 15.5 Å². The first kappa shape index (κ1) is 13.2. The Morgan fingerprint density at radius 3 is 3.00 bits per heavy atom. The Kier molecular flexibility index (Phi) is 3.78. The maximum Gasteiger partial charge on any atom is 0.272 e. The summed E-state index contributed by atoms with van der Waals surface area (Å²) < 4.78 is 0. The van der Waals surface area contributed by atoms with Crippen LogP contribution in [0.25, 0.3) is 0 Å². The van der Waals surface area contributed by atoms with Gasteiger partial charge >= 0.3 is 0 Å². The fourth-order valence-corrected chi connectivity index (χ4v) is 3.40. The number of carbonyl (C=O) groups is 1. The first-order valence-electron chi connectivity index (χ1n) is 6.75. The van der Waals surface area contributed by atoms with Crippen molar-refractivity contribution in [2.45, 2.75) is 25.1 Å². The number of hydrogen-bond acceptors (Lipinski definition) is 3. The van der Waals surface area contributed by atoms with Crippen molar-refractivity contribution in [2.24, 2.45) is 0 Å². The van der Waals surface area contributed by atoms with Crippen LogP contribution in [0.4, 0.5) is 0 Å². The molecule has 0 unspecified atom stereocenters. The summed E-state index contributed by atoms with van der Waals surface area (Å²) in [6, 6.07) is 9.93. The van der Waals surface area contributed by atoms with E-state index in [4.69, 9.17) is 0 Å². The zero-order valence-electron chi connectivity index (χ0n) is 11.3. The van der Waals surface area contributed by atoms with Crippen molar-refractivity contribution in [2.75, 3.05) is 5.75 Å². The van der Waals surface area contributed by atoms with E-state index in [9.17, 15) is 4.79 Å². The molecule has 0 spiro atoms. The fourth-order valence-electron chi connectivity index (χ4n) is 2.39. The number of nitrogens with one attached hydrogen (secondary N) is 2. The second-order valence-electron chi connectivity index (χ2n) is 4.94. The molecule has 1 amide bonds. The monoisotopic (exact) mass is 287 g/mol. The number of benzene rings is 1. The molecule has 3 rings (SSSR count). The molecule has 1 aliphatic heterocycles. The Morgan fingerprint density at radius 2 is 2.20 bits per heavy atom. The molecule has 2 heterocycles. The summed E-state index contributed by atoms with van der Waals surface area (Å²) in [5.74, 6) is 1.87. The van der Waals surface area contributed by atoms with Gasteiger partial charge in [-0.05, 0) is 24.7 Å². The highest BCUT2D eigenvalue weighted by molar-refractivity contribution is 7.98. The molecule has 1 aromatic carbocycles. The van der Waals surface area contributed by atoms with E-state index in [2.05, 4.69) is 15.5 Å². The number of rotatable bonds is 3. The van der Waals surface area contributed by atoms with E-state index in [1.54, 1.807) is 0 Å². The lowest BCUT2D eigenvalue weighted by Crippen LogP contribution is -2.28. The van der Waals surface area contributed by atoms with Gasteiger partial charge in [-0.25, -0.2) is 0 Å². The summed E-state index contributed by atoms with van der Waals surface area (Å²) in [6.45, 7) is 1.99. The van der Waals surface area contributed by atoms with Crippen molar-refractivity contribution in [3.05, 3.63) is 52.8 Å². The van der Waals surface area contributed by atoms with E-state index in [1.165, 1.54) is 0 Å². The lowest BCUT2D eigenvalue weighted by molar-refractivity contribution is 0.0934. The van der Waals surface area contributed by atoms with Gasteiger partial charge in [0.05, 0.1) is 6.04 Å². The van der Waals surface area contributed by atoms with E-state index < -0.39 is 0 Å². The lowest BCUT2D eigenvalue weighted by Gasteiger charge is -2.15. The first-order chi connectivity index (χ1) is 9.75. The molecule has 2 aromatic rings. The highest BCUT2D eigenvalue weighted by Gasteiger charge is 2.22. The van der Waals surface area contributed by atoms with Gasteiger partial charge in [0.25, 0.3) is 5.91 Å². The van der Waals surface area contributed by atoms with Crippen LogP contribution in [0, 0.1) is 0 Å². The number of hydrogen-bond donors (Lipinski definition) is 2. The number of carbonyl (C=O) groups excluding carboxylic acids is 1. The standard InChI is InChI=1S/C15H17N3OS/c1-10(11-5-3-2-4-6-11)16-15(19)14-12-9-20-8-7-13(12)17-18-14/h2-6,10H,7-9H2,1H3,(H,16,19)(H,17,18)/t10-/m1/s1. The van der Waals surface area contributed by atoms with Gasteiger partial charge in [-0.1, -0.05) is 30.3 Å². The van der Waals surface area contributed by atoms with Gasteiger partial charge in [0.2, 0.25) is 0 Å². The Balaban J connectivity index is 1.75. The third-order valence-electron chi connectivity index (χ3n) is 3.56. The average Bonchev–Trinajstić information content (AvgIpc) is 2.92. The van der Waals surface area contributed by atoms with Crippen molar-refractivity contribution < 1.29 is 4.79 Å². The summed E-state index contributed by atoms with van der Waals surface area (Å²) in [7, 11) is 0. The quantitative estimate of drug-likeness (QED) is 0.912. The summed E-state index contributed by atoms with van der Waals surface area (Å²) in [5.41, 5.74) is 3.83. The molecular weight excluding hydrogens is 270 g/mol. The molecule has 2 N–H and O–H groups in total. The van der Waals surface area contributed by atoms with Crippen molar-refractivity contribution >= 4 is 17.7 Å². The largest absolute Gasteiger partial charge is 0.344 e. The van der Waals surface area contributed by atoms with E-state index >= 15 is 0 Å². The second-order valence-corrected chi connectivity index (χ2v) is 6.04. The molecule has 0 bridgehead atoms. The van der Waals surface area contributed by atoms with Crippen LogP contribution in [-0.2, 0) is 12.2 Å². The summed E-state index contributed by atoms with van der Waals surface area (Å²) in [6.07, 6.45) is 0.967. The van der Waals surface area contributed by atoms with Gasteiger partial charge < -0.3 is 5.32 Å². The topological polar surface area (TPSA) is 57.8 Å². The lowest BCUT2D eigenvalue weighted by atomic mass is 10.1. The van der Waals surface area contributed by atoms with Gasteiger partial charge in [0.1, 0.15) is 0 Å². The first-order valence-corrected chi connectivity index (χ1v) is 7.91. The predicted molar refractivity (Wildman–Crippen MR) is 80.8 cm³/mol. The fraction of sp³-hybridized carbons (Fsp3) is 0.333. The number of H-pyrrole nitrogens is 1. The Hall–Kier alpha value is -1.75. The molecule has 1 aromatic heterocycles. The normalized spacial score (nSPS) is 15.4. The number of amides is 1. The van der Waals surface area contributed by atoms with Crippen LogP contribution >= 0.6 is 11.8 Å². The Bertz CT molecular complexity index is 609. The SMILES string of the molecule is C[C@@H](NC(=O)c1n[nH]c2c1CSCC2)c1ccccc1. The summed E-state index contributed by atoms with van der Waals surface area (Å²) in [5, 5.41) is 10.2. The zero-order valence-corrected chi connectivity index (χ0v) is 12.2. The minimum Gasteiger partial charge on any atom is -0.344 e. The van der Waals surface area contributed by atoms with Gasteiger partial charge in [-0.3, -0.25) is 9.89 Å². The van der Waals surface area contributed by atoms with Gasteiger partial charge in [0.15, 0.2) is 5.69 Å². The highest BCUT2D eigenvalue weighted by Crippen LogP contribution is 2.25. The third-order valence-corrected chi connectivity index (χ3v) is 4.54. The molecule has 0 aliphatic carbocycles. The van der Waals surface area contributed by atoms with E-state index in [1.807, 2.05) is 49.0 Å². The maximum absolute atomic E-state index is 12.4. The van der Waals surface area contributed by atoms with Crippen LogP contribution in [-0.4, -0.2) is 21.9 Å². The van der Waals surface area contributed by atoms with Gasteiger partial charge in [0, 0.05) is 17.0 Å². The summed E-state index contributed by atoms with van der Waals surface area (Å²) in [4.78, 5) is 12.4. The zero-order chi connectivity index (χ0) is 13.9. The number of aromatic nitrogens is 2. The van der Waals surface area contributed by atoms with Crippen LogP contribution < -0.4 is 5.32 Å². The molecule has 5 heteroatoms. The Morgan fingerprint density at radius 1 is 1.40 bits per heavy atom. The molecule has 0 saturated carbocycles. The molecule has 1 aliphatic rings. The number of nitrogens with zero attached hydrogens (tertiary/aromatic N) is 1. The van der Waals surface area contributed by atoms with Crippen LogP contribution in [0.3, 0.4) is 0 Å². The van der Waals surface area contributed by atoms with Gasteiger partial charge in [-0.15, -0.1) is 0 Å². The van der Waals surface area contributed by atoms with Crippen LogP contribution in [0.2, 0.25) is 0 Å². The average molecular weight is 287 g/mol. The van der Waals surface area contributed by atoms with E-state index in [0.717, 1.165) is 34.7 Å². The van der Waals surface area contributed by atoms with Crippen LogP contribution in [0.1, 0.15) is 40.3 Å². The second kappa shape index (κ2) is 5.71. The minimum absolute atomic E-state index is 0.0210. The molecule has 1 atom stereocenters. The third kappa shape index (κ3) is 2.58. The molecule has 104 valence electrons. The molecule has 20 heavy (non-hydrogen) atoms. The van der Waals surface area contributed by atoms with Crippen molar-refractivity contribution in [1.29, 1.82) is 0 Å². The minimum atomic E-state index is -0.0960. The highest BCUT2D eigenvalue weighted by atomic mass is 32.2. The predicted octanol–water partition coefficient (Wildman–Crippen LogP) is 2.69. The van der Waals surface area contributed by atoms with E-state index in [0.29, 0.717) is 5.69 Å². The van der Waals surface area contributed by atoms with Crippen molar-refractivity contribution in [3.63, 3.8) is 0 Å². The Labute approximate surface area is 122 Å².